The second kappa shape index (κ2) is 5.10. The zero-order valence-corrected chi connectivity index (χ0v) is 10.2. The zero-order valence-electron chi connectivity index (χ0n) is 10.2. The van der Waals surface area contributed by atoms with E-state index >= 15 is 0 Å². The van der Waals surface area contributed by atoms with Crippen LogP contribution in [0.3, 0.4) is 0 Å². The van der Waals surface area contributed by atoms with Gasteiger partial charge < -0.3 is 10.3 Å². The van der Waals surface area contributed by atoms with Crippen molar-refractivity contribution in [2.45, 2.75) is 32.9 Å². The van der Waals surface area contributed by atoms with Crippen LogP contribution in [0.15, 0.2) is 29.1 Å². The Morgan fingerprint density at radius 3 is 2.94 bits per heavy atom. The van der Waals surface area contributed by atoms with Crippen molar-refractivity contribution in [3.8, 4) is 0 Å². The van der Waals surface area contributed by atoms with Gasteiger partial charge in [0.15, 0.2) is 0 Å². The second-order valence-corrected chi connectivity index (χ2v) is 4.22. The summed E-state index contributed by atoms with van der Waals surface area (Å²) in [6.45, 7) is 4.82. The summed E-state index contributed by atoms with van der Waals surface area (Å²) >= 11 is 0. The van der Waals surface area contributed by atoms with Crippen LogP contribution in [0.5, 0.6) is 0 Å². The van der Waals surface area contributed by atoms with Crippen molar-refractivity contribution in [2.75, 3.05) is 0 Å². The molecule has 1 atom stereocenters. The quantitative estimate of drug-likeness (QED) is 0.843. The van der Waals surface area contributed by atoms with Crippen molar-refractivity contribution in [3.05, 3.63) is 40.4 Å². The van der Waals surface area contributed by atoms with Gasteiger partial charge >= 0.3 is 0 Å². The van der Waals surface area contributed by atoms with E-state index < -0.39 is 0 Å². The summed E-state index contributed by atoms with van der Waals surface area (Å²) in [6, 6.07) is 7.80. The molecule has 0 amide bonds. The van der Waals surface area contributed by atoms with Gasteiger partial charge in [-0.15, -0.1) is 0 Å². The van der Waals surface area contributed by atoms with E-state index in [1.165, 1.54) is 0 Å². The summed E-state index contributed by atoms with van der Waals surface area (Å²) in [6.07, 6.45) is 1.05. The summed E-state index contributed by atoms with van der Waals surface area (Å²) in [5, 5.41) is 3.95. The number of hydrogen-bond acceptors (Lipinski definition) is 3. The van der Waals surface area contributed by atoms with Crippen molar-refractivity contribution in [1.82, 2.24) is 15.3 Å². The van der Waals surface area contributed by atoms with Crippen LogP contribution in [0.1, 0.15) is 26.1 Å². The normalized spacial score (nSPS) is 12.8. The average Bonchev–Trinajstić information content (AvgIpc) is 2.36. The summed E-state index contributed by atoms with van der Waals surface area (Å²) in [5.74, 6) is 0.689. The van der Waals surface area contributed by atoms with Crippen molar-refractivity contribution in [3.63, 3.8) is 0 Å². The highest BCUT2D eigenvalue weighted by Gasteiger charge is 2.04. The van der Waals surface area contributed by atoms with Gasteiger partial charge in [-0.25, -0.2) is 4.98 Å². The molecule has 4 heteroatoms. The molecule has 1 aromatic heterocycles. The molecule has 90 valence electrons. The molecule has 0 aliphatic carbocycles. The minimum atomic E-state index is -0.0726. The first kappa shape index (κ1) is 11.8. The maximum absolute atomic E-state index is 11.8. The standard InChI is InChI=1S/C13H17N3O/c1-3-9(2)14-8-12-15-11-7-5-4-6-10(11)13(17)16-12/h4-7,9,14H,3,8H2,1-2H3,(H,15,16,17)/t9-/m1/s1. The van der Waals surface area contributed by atoms with Crippen LogP contribution in [0.4, 0.5) is 0 Å². The molecule has 0 unspecified atom stereocenters. The number of aromatic amines is 1. The van der Waals surface area contributed by atoms with E-state index in [1.54, 1.807) is 6.07 Å². The van der Waals surface area contributed by atoms with Crippen molar-refractivity contribution < 1.29 is 0 Å². The predicted octanol–water partition coefficient (Wildman–Crippen LogP) is 1.81. The molecular weight excluding hydrogens is 214 g/mol. The minimum absolute atomic E-state index is 0.0726. The lowest BCUT2D eigenvalue weighted by atomic mass is 10.2. The summed E-state index contributed by atoms with van der Waals surface area (Å²) in [5.41, 5.74) is 0.675. The average molecular weight is 231 g/mol. The van der Waals surface area contributed by atoms with E-state index in [0.29, 0.717) is 23.8 Å². The maximum Gasteiger partial charge on any atom is 0.258 e. The number of H-pyrrole nitrogens is 1. The van der Waals surface area contributed by atoms with Gasteiger partial charge in [0.1, 0.15) is 5.82 Å². The fraction of sp³-hybridized carbons (Fsp3) is 0.385. The van der Waals surface area contributed by atoms with Gasteiger partial charge in [0.05, 0.1) is 17.4 Å². The molecular formula is C13H17N3O. The lowest BCUT2D eigenvalue weighted by Crippen LogP contribution is -2.26. The number of nitrogens with one attached hydrogen (secondary N) is 2. The minimum Gasteiger partial charge on any atom is -0.309 e. The molecule has 0 bridgehead atoms. The Labute approximate surface area is 100 Å². The van der Waals surface area contributed by atoms with E-state index in [2.05, 4.69) is 29.1 Å². The maximum atomic E-state index is 11.8. The zero-order chi connectivity index (χ0) is 12.3. The molecule has 0 radical (unpaired) electrons. The first-order valence-corrected chi connectivity index (χ1v) is 5.92. The third-order valence-corrected chi connectivity index (χ3v) is 2.89. The number of hydrogen-bond donors (Lipinski definition) is 2. The van der Waals surface area contributed by atoms with E-state index in [0.717, 1.165) is 11.9 Å². The van der Waals surface area contributed by atoms with E-state index in [4.69, 9.17) is 0 Å². The molecule has 2 rings (SSSR count). The largest absolute Gasteiger partial charge is 0.309 e. The van der Waals surface area contributed by atoms with Gasteiger partial charge in [0, 0.05) is 6.04 Å². The van der Waals surface area contributed by atoms with Crippen LogP contribution in [0.25, 0.3) is 10.9 Å². The van der Waals surface area contributed by atoms with Gasteiger partial charge in [-0.3, -0.25) is 4.79 Å². The van der Waals surface area contributed by atoms with Crippen LogP contribution in [-0.4, -0.2) is 16.0 Å². The number of benzene rings is 1. The Hall–Kier alpha value is -1.68. The highest BCUT2D eigenvalue weighted by Crippen LogP contribution is 2.05. The van der Waals surface area contributed by atoms with Gasteiger partial charge in [0.25, 0.3) is 5.56 Å². The molecule has 1 heterocycles. The number of para-hydroxylation sites is 1. The molecule has 4 nitrogen and oxygen atoms in total. The topological polar surface area (TPSA) is 57.8 Å². The van der Waals surface area contributed by atoms with Gasteiger partial charge in [-0.1, -0.05) is 19.1 Å². The smallest absolute Gasteiger partial charge is 0.258 e. The third-order valence-electron chi connectivity index (χ3n) is 2.89. The molecule has 0 aliphatic heterocycles. The van der Waals surface area contributed by atoms with Crippen LogP contribution in [0, 0.1) is 0 Å². The van der Waals surface area contributed by atoms with Crippen LogP contribution in [-0.2, 0) is 6.54 Å². The lowest BCUT2D eigenvalue weighted by Gasteiger charge is -2.10. The van der Waals surface area contributed by atoms with Crippen molar-refractivity contribution in [1.29, 1.82) is 0 Å². The number of fused-ring (bicyclic) bond motifs is 1. The molecule has 0 fully saturated rings. The summed E-state index contributed by atoms with van der Waals surface area (Å²) in [7, 11) is 0. The van der Waals surface area contributed by atoms with Crippen molar-refractivity contribution in [2.24, 2.45) is 0 Å². The Morgan fingerprint density at radius 1 is 1.41 bits per heavy atom. The Balaban J connectivity index is 2.28. The van der Waals surface area contributed by atoms with Gasteiger partial charge in [-0.05, 0) is 25.5 Å². The first-order valence-electron chi connectivity index (χ1n) is 5.92. The first-order chi connectivity index (χ1) is 8.20. The molecule has 0 spiro atoms. The predicted molar refractivity (Wildman–Crippen MR) is 69.0 cm³/mol. The SMILES string of the molecule is CC[C@@H](C)NCc1nc2ccccc2c(=O)[nH]1. The number of aromatic nitrogens is 2. The Morgan fingerprint density at radius 2 is 2.18 bits per heavy atom. The fourth-order valence-corrected chi connectivity index (χ4v) is 1.63. The monoisotopic (exact) mass is 231 g/mol. The molecule has 0 saturated carbocycles. The summed E-state index contributed by atoms with van der Waals surface area (Å²) in [4.78, 5) is 19.0. The van der Waals surface area contributed by atoms with E-state index in [1.807, 2.05) is 18.2 Å². The highest BCUT2D eigenvalue weighted by atomic mass is 16.1. The number of nitrogens with zero attached hydrogens (tertiary/aromatic N) is 1. The van der Waals surface area contributed by atoms with Crippen LogP contribution in [0.2, 0.25) is 0 Å². The van der Waals surface area contributed by atoms with Crippen molar-refractivity contribution >= 4 is 10.9 Å². The Bertz CT molecular complexity index is 562. The molecule has 1 aromatic carbocycles. The van der Waals surface area contributed by atoms with E-state index in [-0.39, 0.29) is 5.56 Å². The Kier molecular flexibility index (Phi) is 3.54. The molecule has 17 heavy (non-hydrogen) atoms. The third kappa shape index (κ3) is 2.71. The molecule has 0 saturated heterocycles. The van der Waals surface area contributed by atoms with Gasteiger partial charge in [-0.2, -0.15) is 0 Å². The second-order valence-electron chi connectivity index (χ2n) is 4.22. The molecule has 2 N–H and O–H groups in total. The fourth-order valence-electron chi connectivity index (χ4n) is 1.63. The highest BCUT2D eigenvalue weighted by molar-refractivity contribution is 5.77. The van der Waals surface area contributed by atoms with Crippen LogP contribution >= 0.6 is 0 Å². The molecule has 0 aliphatic rings. The summed E-state index contributed by atoms with van der Waals surface area (Å²) < 4.78 is 0. The van der Waals surface area contributed by atoms with E-state index in [9.17, 15) is 4.79 Å². The number of rotatable bonds is 4. The molecule has 2 aromatic rings. The lowest BCUT2D eigenvalue weighted by molar-refractivity contribution is 0.523. The van der Waals surface area contributed by atoms with Gasteiger partial charge in [0.2, 0.25) is 0 Å². The van der Waals surface area contributed by atoms with Crippen LogP contribution < -0.4 is 10.9 Å².